The lowest BCUT2D eigenvalue weighted by Crippen LogP contribution is -2.31. The van der Waals surface area contributed by atoms with Crippen molar-refractivity contribution in [1.82, 2.24) is 19.1 Å². The second-order valence-corrected chi connectivity index (χ2v) is 5.15. The van der Waals surface area contributed by atoms with Gasteiger partial charge in [0.15, 0.2) is 10.8 Å². The van der Waals surface area contributed by atoms with Crippen LogP contribution in [0.3, 0.4) is 0 Å². The van der Waals surface area contributed by atoms with Gasteiger partial charge in [0.25, 0.3) is 0 Å². The molecule has 0 aliphatic rings. The summed E-state index contributed by atoms with van der Waals surface area (Å²) >= 11 is 6.80. The molecule has 0 aliphatic carbocycles. The Labute approximate surface area is 125 Å². The van der Waals surface area contributed by atoms with Gasteiger partial charge in [-0.3, -0.25) is 9.13 Å². The van der Waals surface area contributed by atoms with Gasteiger partial charge in [-0.1, -0.05) is 24.0 Å². The van der Waals surface area contributed by atoms with Crippen LogP contribution in [0.2, 0.25) is 0 Å². The SMILES string of the molecule is CCn1c(=S)c2c(OC)nc(SC)nc2n(CC)c1=O. The van der Waals surface area contributed by atoms with Crippen LogP contribution in [0.25, 0.3) is 11.0 Å². The molecule has 0 fully saturated rings. The predicted octanol–water partition coefficient (Wildman–Crippen LogP) is 2.09. The molecule has 2 rings (SSSR count). The lowest BCUT2D eigenvalue weighted by Gasteiger charge is -2.14. The van der Waals surface area contributed by atoms with Crippen molar-refractivity contribution in [2.75, 3.05) is 13.4 Å². The highest BCUT2D eigenvalue weighted by atomic mass is 32.2. The van der Waals surface area contributed by atoms with Crippen molar-refractivity contribution in [3.63, 3.8) is 0 Å². The topological polar surface area (TPSA) is 61.9 Å². The molecule has 0 N–H and O–H groups in total. The number of fused-ring (bicyclic) bond motifs is 1. The van der Waals surface area contributed by atoms with Gasteiger partial charge in [0, 0.05) is 13.1 Å². The summed E-state index contributed by atoms with van der Waals surface area (Å²) in [5, 5.41) is 1.17. The third kappa shape index (κ3) is 2.22. The third-order valence-corrected chi connectivity index (χ3v) is 3.99. The molecule has 8 heteroatoms. The first-order chi connectivity index (χ1) is 9.58. The monoisotopic (exact) mass is 312 g/mol. The zero-order valence-electron chi connectivity index (χ0n) is 11.8. The minimum atomic E-state index is -0.152. The van der Waals surface area contributed by atoms with E-state index in [2.05, 4.69) is 9.97 Å². The second kappa shape index (κ2) is 5.92. The van der Waals surface area contributed by atoms with Gasteiger partial charge in [0.2, 0.25) is 5.88 Å². The van der Waals surface area contributed by atoms with Crippen molar-refractivity contribution in [1.29, 1.82) is 0 Å². The highest BCUT2D eigenvalue weighted by molar-refractivity contribution is 7.98. The van der Waals surface area contributed by atoms with Crippen LogP contribution in [-0.2, 0) is 13.1 Å². The summed E-state index contributed by atoms with van der Waals surface area (Å²) in [5.74, 6) is 0.411. The minimum Gasteiger partial charge on any atom is -0.480 e. The van der Waals surface area contributed by atoms with Crippen LogP contribution in [0.1, 0.15) is 13.8 Å². The van der Waals surface area contributed by atoms with E-state index in [-0.39, 0.29) is 5.69 Å². The van der Waals surface area contributed by atoms with Gasteiger partial charge in [-0.15, -0.1) is 0 Å². The van der Waals surface area contributed by atoms with E-state index in [1.807, 2.05) is 20.1 Å². The van der Waals surface area contributed by atoms with Gasteiger partial charge in [0.05, 0.1) is 7.11 Å². The van der Waals surface area contributed by atoms with E-state index in [1.54, 1.807) is 11.7 Å². The van der Waals surface area contributed by atoms with Crippen LogP contribution in [-0.4, -0.2) is 32.5 Å². The molecule has 2 aromatic rings. The molecule has 108 valence electrons. The van der Waals surface area contributed by atoms with Crippen LogP contribution in [0.5, 0.6) is 5.88 Å². The number of thioether (sulfide) groups is 1. The molecule has 0 unspecified atom stereocenters. The Kier molecular flexibility index (Phi) is 4.44. The van der Waals surface area contributed by atoms with E-state index in [0.717, 1.165) is 0 Å². The van der Waals surface area contributed by atoms with Crippen molar-refractivity contribution in [2.45, 2.75) is 32.1 Å². The molecular weight excluding hydrogens is 296 g/mol. The van der Waals surface area contributed by atoms with Crippen LogP contribution in [0.15, 0.2) is 9.95 Å². The quantitative estimate of drug-likeness (QED) is 0.489. The molecule has 0 spiro atoms. The van der Waals surface area contributed by atoms with Crippen molar-refractivity contribution in [3.05, 3.63) is 15.1 Å². The van der Waals surface area contributed by atoms with Crippen molar-refractivity contribution in [2.24, 2.45) is 0 Å². The molecule has 0 amide bonds. The van der Waals surface area contributed by atoms with E-state index in [0.29, 0.717) is 39.8 Å². The fourth-order valence-electron chi connectivity index (χ4n) is 2.05. The number of aromatic nitrogens is 4. The summed E-state index contributed by atoms with van der Waals surface area (Å²) in [6.07, 6.45) is 1.87. The lowest BCUT2D eigenvalue weighted by molar-refractivity contribution is 0.397. The molecular formula is C12H16N4O2S2. The molecule has 2 heterocycles. The molecule has 0 atom stereocenters. The fraction of sp³-hybridized carbons (Fsp3) is 0.500. The Morgan fingerprint density at radius 2 is 1.90 bits per heavy atom. The summed E-state index contributed by atoms with van der Waals surface area (Å²) in [6.45, 7) is 4.80. The van der Waals surface area contributed by atoms with Gasteiger partial charge in [-0.2, -0.15) is 4.98 Å². The standard InChI is InChI=1S/C12H16N4O2S2/c1-5-15-8-7(10(19)16(6-2)12(15)17)9(18-3)14-11(13-8)20-4/h5-6H2,1-4H3. The van der Waals surface area contributed by atoms with E-state index in [9.17, 15) is 4.79 Å². The van der Waals surface area contributed by atoms with Crippen LogP contribution in [0.4, 0.5) is 0 Å². The molecule has 2 aromatic heterocycles. The summed E-state index contributed by atoms with van der Waals surface area (Å²) in [5.41, 5.74) is 0.378. The maximum absolute atomic E-state index is 12.4. The van der Waals surface area contributed by atoms with Crippen LogP contribution < -0.4 is 10.4 Å². The normalized spacial score (nSPS) is 11.0. The molecule has 20 heavy (non-hydrogen) atoms. The highest BCUT2D eigenvalue weighted by Gasteiger charge is 2.16. The first kappa shape index (κ1) is 15.0. The van der Waals surface area contributed by atoms with Crippen molar-refractivity contribution < 1.29 is 4.74 Å². The molecule has 0 aromatic carbocycles. The van der Waals surface area contributed by atoms with Gasteiger partial charge in [0.1, 0.15) is 10.0 Å². The fourth-order valence-corrected chi connectivity index (χ4v) is 2.79. The van der Waals surface area contributed by atoms with E-state index in [1.165, 1.54) is 16.3 Å². The Balaban J connectivity index is 3.09. The van der Waals surface area contributed by atoms with E-state index >= 15 is 0 Å². The molecule has 6 nitrogen and oxygen atoms in total. The number of methoxy groups -OCH3 is 1. The molecule has 0 aliphatic heterocycles. The first-order valence-corrected chi connectivity index (χ1v) is 7.85. The average Bonchev–Trinajstić information content (AvgIpc) is 2.46. The zero-order valence-corrected chi connectivity index (χ0v) is 13.5. The van der Waals surface area contributed by atoms with Gasteiger partial charge in [-0.25, -0.2) is 9.78 Å². The highest BCUT2D eigenvalue weighted by Crippen LogP contribution is 2.25. The Bertz CT molecular complexity index is 767. The van der Waals surface area contributed by atoms with Crippen LogP contribution >= 0.6 is 24.0 Å². The number of aryl methyl sites for hydroxylation is 1. The second-order valence-electron chi connectivity index (χ2n) is 3.99. The average molecular weight is 312 g/mol. The van der Waals surface area contributed by atoms with Crippen molar-refractivity contribution >= 4 is 35.0 Å². The Hall–Kier alpha value is -1.41. The third-order valence-electron chi connectivity index (χ3n) is 3.02. The van der Waals surface area contributed by atoms with Gasteiger partial charge < -0.3 is 4.74 Å². The number of ether oxygens (including phenoxy) is 1. The number of nitrogens with zero attached hydrogens (tertiary/aromatic N) is 4. The van der Waals surface area contributed by atoms with E-state index in [4.69, 9.17) is 17.0 Å². The predicted molar refractivity (Wildman–Crippen MR) is 82.3 cm³/mol. The minimum absolute atomic E-state index is 0.152. The summed E-state index contributed by atoms with van der Waals surface area (Å²) in [6, 6.07) is 0. The van der Waals surface area contributed by atoms with Crippen LogP contribution in [0, 0.1) is 4.64 Å². The number of hydrogen-bond donors (Lipinski definition) is 0. The molecule has 0 bridgehead atoms. The van der Waals surface area contributed by atoms with Gasteiger partial charge in [-0.05, 0) is 20.1 Å². The Morgan fingerprint density at radius 1 is 1.25 bits per heavy atom. The van der Waals surface area contributed by atoms with Crippen molar-refractivity contribution in [3.8, 4) is 5.88 Å². The summed E-state index contributed by atoms with van der Waals surface area (Å²) in [4.78, 5) is 21.2. The summed E-state index contributed by atoms with van der Waals surface area (Å²) < 4.78 is 8.88. The Morgan fingerprint density at radius 3 is 2.40 bits per heavy atom. The largest absolute Gasteiger partial charge is 0.480 e. The number of hydrogen-bond acceptors (Lipinski definition) is 6. The molecule has 0 saturated heterocycles. The molecule has 0 radical (unpaired) electrons. The van der Waals surface area contributed by atoms with E-state index < -0.39 is 0 Å². The molecule has 0 saturated carbocycles. The number of rotatable bonds is 4. The first-order valence-electron chi connectivity index (χ1n) is 6.22. The maximum atomic E-state index is 12.4. The smallest absolute Gasteiger partial charge is 0.330 e. The lowest BCUT2D eigenvalue weighted by atomic mass is 10.3. The zero-order chi connectivity index (χ0) is 14.9. The summed E-state index contributed by atoms with van der Waals surface area (Å²) in [7, 11) is 1.54. The van der Waals surface area contributed by atoms with Gasteiger partial charge >= 0.3 is 5.69 Å². The maximum Gasteiger partial charge on any atom is 0.330 e.